The number of anilines is 2. The number of carbonyl (C=O) groups excluding carboxylic acids is 1. The smallest absolute Gasteiger partial charge is 0.273 e. The Morgan fingerprint density at radius 2 is 1.65 bits per heavy atom. The number of hydrogen-bond acceptors (Lipinski definition) is 9. The zero-order chi connectivity index (χ0) is 32.1. The summed E-state index contributed by atoms with van der Waals surface area (Å²) in [5.41, 5.74) is 1.96. The van der Waals surface area contributed by atoms with Gasteiger partial charge in [-0.2, -0.15) is 5.26 Å². The number of sulfonamides is 1. The number of nitrogens with zero attached hydrogens (tertiary/aromatic N) is 6. The van der Waals surface area contributed by atoms with Crippen molar-refractivity contribution in [1.29, 1.82) is 5.26 Å². The van der Waals surface area contributed by atoms with Crippen LogP contribution in [-0.2, 0) is 20.4 Å². The van der Waals surface area contributed by atoms with Gasteiger partial charge in [0.1, 0.15) is 10.6 Å². The topological polar surface area (TPSA) is 120 Å². The maximum atomic E-state index is 15.4. The molecule has 2 aromatic heterocycles. The normalized spacial score (nSPS) is 18.4. The van der Waals surface area contributed by atoms with E-state index in [1.807, 2.05) is 36.1 Å². The number of para-hydroxylation sites is 1. The number of amides is 1. The molecule has 230 valence electrons. The number of aryl methyl sites for hydroxylation is 1. The van der Waals surface area contributed by atoms with Gasteiger partial charge in [-0.15, -0.1) is 0 Å². The van der Waals surface area contributed by atoms with Crippen molar-refractivity contribution in [2.45, 2.75) is 17.4 Å². The first-order chi connectivity index (χ1) is 22.3. The minimum absolute atomic E-state index is 0.0798. The zero-order valence-corrected chi connectivity index (χ0v) is 26.1. The first-order valence-corrected chi connectivity index (χ1v) is 16.3. The summed E-state index contributed by atoms with van der Waals surface area (Å²) >= 11 is 0. The highest BCUT2D eigenvalue weighted by Gasteiger charge is 2.60. The second kappa shape index (κ2) is 11.2. The van der Waals surface area contributed by atoms with Crippen molar-refractivity contribution < 1.29 is 17.9 Å². The lowest BCUT2D eigenvalue weighted by atomic mass is 9.80. The number of pyridine rings is 2. The summed E-state index contributed by atoms with van der Waals surface area (Å²) in [6.45, 7) is 3.90. The molecule has 7 rings (SSSR count). The molecule has 1 fully saturated rings. The molecule has 0 bridgehead atoms. The Balaban J connectivity index is 1.47. The number of fused-ring (bicyclic) bond motifs is 2. The van der Waals surface area contributed by atoms with Crippen LogP contribution in [0.3, 0.4) is 0 Å². The predicted molar refractivity (Wildman–Crippen MR) is 174 cm³/mol. The van der Waals surface area contributed by atoms with Crippen molar-refractivity contribution in [2.24, 2.45) is 0 Å². The Bertz CT molecular complexity index is 2140. The van der Waals surface area contributed by atoms with Crippen LogP contribution >= 0.6 is 0 Å². The molecule has 0 saturated carbocycles. The second-order valence-electron chi connectivity index (χ2n) is 11.3. The van der Waals surface area contributed by atoms with Gasteiger partial charge >= 0.3 is 0 Å². The van der Waals surface area contributed by atoms with E-state index in [4.69, 9.17) is 4.74 Å². The van der Waals surface area contributed by atoms with Crippen molar-refractivity contribution in [3.05, 3.63) is 120 Å². The fourth-order valence-electron chi connectivity index (χ4n) is 6.76. The van der Waals surface area contributed by atoms with Gasteiger partial charge in [-0.05, 0) is 61.5 Å². The highest BCUT2D eigenvalue weighted by molar-refractivity contribution is 7.93. The van der Waals surface area contributed by atoms with Gasteiger partial charge in [-0.3, -0.25) is 19.7 Å². The molecule has 0 N–H and O–H groups in total. The van der Waals surface area contributed by atoms with Gasteiger partial charge in [0.25, 0.3) is 15.9 Å². The molecule has 4 heterocycles. The summed E-state index contributed by atoms with van der Waals surface area (Å²) in [7, 11) is -2.96. The molecule has 3 aromatic carbocycles. The quantitative estimate of drug-likeness (QED) is 0.265. The van der Waals surface area contributed by atoms with Crippen LogP contribution in [0.5, 0.6) is 5.75 Å². The Hall–Kier alpha value is -5.31. The third kappa shape index (κ3) is 4.41. The summed E-state index contributed by atoms with van der Waals surface area (Å²) in [6.07, 6.45) is 5.02. The first-order valence-electron chi connectivity index (χ1n) is 14.8. The molecule has 10 nitrogen and oxygen atoms in total. The number of carbonyl (C=O) groups is 1. The lowest BCUT2D eigenvalue weighted by Crippen LogP contribution is -2.60. The van der Waals surface area contributed by atoms with E-state index in [1.54, 1.807) is 60.9 Å². The van der Waals surface area contributed by atoms with E-state index in [9.17, 15) is 13.7 Å². The highest BCUT2D eigenvalue weighted by Crippen LogP contribution is 2.53. The molecule has 0 spiro atoms. The lowest BCUT2D eigenvalue weighted by Gasteiger charge is -2.46. The molecule has 1 unspecified atom stereocenters. The van der Waals surface area contributed by atoms with Gasteiger partial charge in [0.05, 0.1) is 29.9 Å². The van der Waals surface area contributed by atoms with E-state index < -0.39 is 21.5 Å². The fraction of sp³-hybridized carbons (Fsp3) is 0.200. The van der Waals surface area contributed by atoms with Crippen LogP contribution in [-0.4, -0.2) is 62.5 Å². The molecular formula is C35H30N6O4S. The molecule has 46 heavy (non-hydrogen) atoms. The third-order valence-electron chi connectivity index (χ3n) is 8.87. The number of piperazine rings is 1. The van der Waals surface area contributed by atoms with Crippen molar-refractivity contribution in [2.75, 3.05) is 42.5 Å². The number of nitriles is 1. The number of rotatable bonds is 6. The highest BCUT2D eigenvalue weighted by atomic mass is 32.2. The van der Waals surface area contributed by atoms with Crippen LogP contribution in [0.2, 0.25) is 0 Å². The Morgan fingerprint density at radius 3 is 2.39 bits per heavy atom. The number of ether oxygens (including phenoxy) is 1. The average Bonchev–Trinajstić information content (AvgIpc) is 3.36. The third-order valence-corrected chi connectivity index (χ3v) is 10.6. The predicted octanol–water partition coefficient (Wildman–Crippen LogP) is 4.62. The molecule has 11 heteroatoms. The molecular weight excluding hydrogens is 600 g/mol. The van der Waals surface area contributed by atoms with Crippen LogP contribution in [0.1, 0.15) is 22.3 Å². The second-order valence-corrected chi connectivity index (χ2v) is 13.1. The number of benzene rings is 3. The van der Waals surface area contributed by atoms with E-state index >= 15 is 4.79 Å². The van der Waals surface area contributed by atoms with Crippen LogP contribution < -0.4 is 13.9 Å². The zero-order valence-electron chi connectivity index (χ0n) is 25.3. The Kier molecular flexibility index (Phi) is 7.19. The van der Waals surface area contributed by atoms with Gasteiger partial charge in [0.2, 0.25) is 0 Å². The maximum Gasteiger partial charge on any atom is 0.273 e. The summed E-state index contributed by atoms with van der Waals surface area (Å²) < 4.78 is 36.3. The number of hydrogen-bond donors (Lipinski definition) is 0. The summed E-state index contributed by atoms with van der Waals surface area (Å²) in [5, 5.41) is 10.6. The molecule has 0 radical (unpaired) electrons. The average molecular weight is 631 g/mol. The van der Waals surface area contributed by atoms with Crippen molar-refractivity contribution in [3.63, 3.8) is 0 Å². The van der Waals surface area contributed by atoms with Crippen LogP contribution in [0.25, 0.3) is 10.9 Å². The van der Waals surface area contributed by atoms with Crippen molar-refractivity contribution in [3.8, 4) is 11.8 Å². The van der Waals surface area contributed by atoms with E-state index in [1.165, 1.54) is 19.4 Å². The first kappa shape index (κ1) is 29.4. The molecule has 1 atom stereocenters. The molecule has 2 aliphatic rings. The molecule has 1 saturated heterocycles. The van der Waals surface area contributed by atoms with E-state index in [2.05, 4.69) is 20.9 Å². The fourth-order valence-corrected chi connectivity index (χ4v) is 8.39. The summed E-state index contributed by atoms with van der Waals surface area (Å²) in [5.74, 6) is -0.221. The minimum Gasteiger partial charge on any atom is -0.496 e. The minimum atomic E-state index is -4.50. The van der Waals surface area contributed by atoms with Crippen LogP contribution in [0.4, 0.5) is 11.4 Å². The summed E-state index contributed by atoms with van der Waals surface area (Å²) in [6, 6.07) is 24.8. The molecule has 1 amide bonds. The van der Waals surface area contributed by atoms with Gasteiger partial charge in [0, 0.05) is 67.0 Å². The maximum absolute atomic E-state index is 15.4. The van der Waals surface area contributed by atoms with E-state index in [0.29, 0.717) is 54.0 Å². The van der Waals surface area contributed by atoms with Crippen molar-refractivity contribution >= 4 is 38.2 Å². The molecule has 2 aliphatic heterocycles. The van der Waals surface area contributed by atoms with Crippen molar-refractivity contribution in [1.82, 2.24) is 14.9 Å². The number of methoxy groups -OCH3 is 1. The number of aromatic nitrogens is 2. The van der Waals surface area contributed by atoms with E-state index in [-0.39, 0.29) is 16.1 Å². The van der Waals surface area contributed by atoms with Crippen LogP contribution in [0, 0.1) is 18.3 Å². The van der Waals surface area contributed by atoms with Gasteiger partial charge in [-0.1, -0.05) is 29.8 Å². The lowest BCUT2D eigenvalue weighted by molar-refractivity contribution is -0.127. The summed E-state index contributed by atoms with van der Waals surface area (Å²) in [4.78, 5) is 28.1. The SMILES string of the molecule is COc1ccc(C)cc1C1(N2CCN(c3ccncc3)CC2)C(=O)N(S(=O)(=O)c2cccc3cccnc23)c2ccc(C#N)cc21. The van der Waals surface area contributed by atoms with Crippen LogP contribution in [0.15, 0.2) is 102 Å². The Labute approximate surface area is 267 Å². The largest absolute Gasteiger partial charge is 0.496 e. The standard InChI is InChI=1S/C35H30N6O4S/c1-24-8-11-31(45-2)29(21-24)35(40-19-17-39(18-20-40)27-12-15-37-16-13-27)28-22-25(23-36)9-10-30(28)41(34(35)42)46(43,44)32-7-3-5-26-6-4-14-38-33(26)32/h3-16,21-22H,17-20H2,1-2H3. The molecule has 5 aromatic rings. The monoisotopic (exact) mass is 630 g/mol. The van der Waals surface area contributed by atoms with Gasteiger partial charge < -0.3 is 9.64 Å². The van der Waals surface area contributed by atoms with Gasteiger partial charge in [-0.25, -0.2) is 12.7 Å². The van der Waals surface area contributed by atoms with Gasteiger partial charge in [0.15, 0.2) is 5.54 Å². The Morgan fingerprint density at radius 1 is 0.891 bits per heavy atom. The van der Waals surface area contributed by atoms with E-state index in [0.717, 1.165) is 15.6 Å². The molecule has 0 aliphatic carbocycles.